The van der Waals surface area contributed by atoms with Crippen molar-refractivity contribution in [2.75, 3.05) is 13.6 Å². The van der Waals surface area contributed by atoms with Gasteiger partial charge < -0.3 is 4.90 Å². The molecule has 2 aromatic carbocycles. The second-order valence-electron chi connectivity index (χ2n) is 6.64. The monoisotopic (exact) mass is 338 g/mol. The van der Waals surface area contributed by atoms with E-state index < -0.39 is 0 Å². The predicted octanol–water partition coefficient (Wildman–Crippen LogP) is 5.94. The van der Waals surface area contributed by atoms with Crippen LogP contribution in [-0.2, 0) is 0 Å². The largest absolute Gasteiger partial charge is 0.366 e. The maximum absolute atomic E-state index is 4.76. The molecule has 0 aliphatic heterocycles. The summed E-state index contributed by atoms with van der Waals surface area (Å²) >= 11 is 1.88. The maximum Gasteiger partial charge on any atom is 0.0909 e. The van der Waals surface area contributed by atoms with E-state index in [0.29, 0.717) is 5.92 Å². The normalized spacial score (nSPS) is 14.3. The highest BCUT2D eigenvalue weighted by Crippen LogP contribution is 2.47. The molecule has 0 bridgehead atoms. The zero-order chi connectivity index (χ0) is 17.1. The average Bonchev–Trinajstić information content (AvgIpc) is 3.41. The van der Waals surface area contributed by atoms with Gasteiger partial charge in [0, 0.05) is 23.4 Å². The third-order valence-electron chi connectivity index (χ3n) is 4.55. The van der Waals surface area contributed by atoms with Crippen LogP contribution in [0.1, 0.15) is 42.4 Å². The van der Waals surface area contributed by atoms with E-state index >= 15 is 0 Å². The number of hydrogen-bond acceptors (Lipinski definition) is 2. The highest BCUT2D eigenvalue weighted by Gasteiger charge is 2.27. The van der Waals surface area contributed by atoms with Crippen LogP contribution >= 0.6 is 11.8 Å². The molecule has 0 radical (unpaired) electrons. The summed E-state index contributed by atoms with van der Waals surface area (Å²) in [5.41, 5.74) is 5.20. The molecule has 0 heterocycles. The number of aliphatic imine (C=N–C) groups is 1. The van der Waals surface area contributed by atoms with Gasteiger partial charge in [-0.05, 0) is 74.4 Å². The van der Waals surface area contributed by atoms with Gasteiger partial charge in [0.05, 0.1) is 12.0 Å². The molecule has 0 unspecified atom stereocenters. The van der Waals surface area contributed by atoms with Gasteiger partial charge in [-0.1, -0.05) is 30.0 Å². The van der Waals surface area contributed by atoms with E-state index in [1.807, 2.05) is 18.1 Å². The van der Waals surface area contributed by atoms with Crippen molar-refractivity contribution in [2.24, 2.45) is 4.99 Å². The molecule has 1 saturated carbocycles. The number of benzene rings is 2. The van der Waals surface area contributed by atoms with Crippen molar-refractivity contribution < 1.29 is 0 Å². The first-order chi connectivity index (χ1) is 11.6. The molecule has 2 nitrogen and oxygen atoms in total. The van der Waals surface area contributed by atoms with Gasteiger partial charge in [0.15, 0.2) is 0 Å². The lowest BCUT2D eigenvalue weighted by atomic mass is 10.1. The molecular formula is C21H26N2S. The summed E-state index contributed by atoms with van der Waals surface area (Å²) in [5.74, 6) is 0.695. The minimum absolute atomic E-state index is 0.695. The Balaban J connectivity index is 1.93. The standard InChI is InChI=1S/C21H26N2S/c1-5-23(4)14-22-19-12-16(3)21(13-18(19)17-10-11-17)24-20-9-7-6-8-15(20)2/h6-9,12-14,17H,5,10-11H2,1-4H3. The number of rotatable bonds is 6. The van der Waals surface area contributed by atoms with Gasteiger partial charge in [-0.2, -0.15) is 0 Å². The molecule has 24 heavy (non-hydrogen) atoms. The zero-order valence-corrected chi connectivity index (χ0v) is 15.9. The Morgan fingerprint density at radius 1 is 1.12 bits per heavy atom. The van der Waals surface area contributed by atoms with Crippen LogP contribution in [0, 0.1) is 13.8 Å². The predicted molar refractivity (Wildman–Crippen MR) is 105 cm³/mol. The number of hydrogen-bond donors (Lipinski definition) is 0. The minimum Gasteiger partial charge on any atom is -0.366 e. The molecule has 0 aromatic heterocycles. The first-order valence-corrected chi connectivity index (χ1v) is 9.52. The Kier molecular flexibility index (Phi) is 5.30. The van der Waals surface area contributed by atoms with E-state index in [-0.39, 0.29) is 0 Å². The van der Waals surface area contributed by atoms with Gasteiger partial charge >= 0.3 is 0 Å². The van der Waals surface area contributed by atoms with E-state index in [1.165, 1.54) is 39.3 Å². The van der Waals surface area contributed by atoms with Crippen LogP contribution in [0.3, 0.4) is 0 Å². The molecule has 1 fully saturated rings. The van der Waals surface area contributed by atoms with Crippen LogP contribution in [0.5, 0.6) is 0 Å². The topological polar surface area (TPSA) is 15.6 Å². The van der Waals surface area contributed by atoms with E-state index in [2.05, 4.69) is 69.1 Å². The first kappa shape index (κ1) is 17.1. The second kappa shape index (κ2) is 7.43. The average molecular weight is 339 g/mol. The Morgan fingerprint density at radius 3 is 2.54 bits per heavy atom. The number of aryl methyl sites for hydroxylation is 2. The Hall–Kier alpha value is -1.74. The zero-order valence-electron chi connectivity index (χ0n) is 15.0. The molecule has 0 saturated heterocycles. The lowest BCUT2D eigenvalue weighted by molar-refractivity contribution is 0.552. The van der Waals surface area contributed by atoms with Gasteiger partial charge in [-0.15, -0.1) is 0 Å². The summed E-state index contributed by atoms with van der Waals surface area (Å²) in [5, 5.41) is 0. The molecular weight excluding hydrogens is 312 g/mol. The van der Waals surface area contributed by atoms with Gasteiger partial charge in [0.2, 0.25) is 0 Å². The summed E-state index contributed by atoms with van der Waals surface area (Å²) in [6.45, 7) is 7.49. The van der Waals surface area contributed by atoms with Gasteiger partial charge in [0.1, 0.15) is 0 Å². The molecule has 0 spiro atoms. The second-order valence-corrected chi connectivity index (χ2v) is 7.72. The summed E-state index contributed by atoms with van der Waals surface area (Å²) in [6, 6.07) is 13.2. The van der Waals surface area contributed by atoms with E-state index in [4.69, 9.17) is 4.99 Å². The highest BCUT2D eigenvalue weighted by atomic mass is 32.2. The van der Waals surface area contributed by atoms with Gasteiger partial charge in [-0.3, -0.25) is 0 Å². The van der Waals surface area contributed by atoms with Crippen molar-refractivity contribution in [1.29, 1.82) is 0 Å². The smallest absolute Gasteiger partial charge is 0.0909 e. The van der Waals surface area contributed by atoms with Crippen molar-refractivity contribution >= 4 is 23.8 Å². The van der Waals surface area contributed by atoms with E-state index in [0.717, 1.165) is 12.2 Å². The molecule has 3 heteroatoms. The highest BCUT2D eigenvalue weighted by molar-refractivity contribution is 7.99. The molecule has 2 aromatic rings. The molecule has 3 rings (SSSR count). The SMILES string of the molecule is CCN(C)C=Nc1cc(C)c(Sc2ccccc2C)cc1C1CC1. The number of nitrogens with zero attached hydrogens (tertiary/aromatic N) is 2. The molecule has 0 N–H and O–H groups in total. The van der Waals surface area contributed by atoms with Crippen LogP contribution in [0.2, 0.25) is 0 Å². The van der Waals surface area contributed by atoms with Crippen molar-refractivity contribution in [3.05, 3.63) is 53.1 Å². The van der Waals surface area contributed by atoms with Crippen molar-refractivity contribution in [3.8, 4) is 0 Å². The molecule has 1 aliphatic carbocycles. The molecule has 0 amide bonds. The Bertz CT molecular complexity index is 747. The van der Waals surface area contributed by atoms with Crippen LogP contribution < -0.4 is 0 Å². The van der Waals surface area contributed by atoms with Gasteiger partial charge in [-0.25, -0.2) is 4.99 Å². The summed E-state index contributed by atoms with van der Waals surface area (Å²) in [6.07, 6.45) is 4.54. The van der Waals surface area contributed by atoms with Crippen molar-refractivity contribution in [1.82, 2.24) is 4.90 Å². The first-order valence-electron chi connectivity index (χ1n) is 8.71. The summed E-state index contributed by atoms with van der Waals surface area (Å²) in [7, 11) is 2.07. The minimum atomic E-state index is 0.695. The molecule has 0 atom stereocenters. The van der Waals surface area contributed by atoms with Crippen molar-refractivity contribution in [3.63, 3.8) is 0 Å². The summed E-state index contributed by atoms with van der Waals surface area (Å²) < 4.78 is 0. The Labute approximate surface area is 150 Å². The maximum atomic E-state index is 4.76. The fourth-order valence-corrected chi connectivity index (χ4v) is 3.68. The lowest BCUT2D eigenvalue weighted by Crippen LogP contribution is -2.14. The quantitative estimate of drug-likeness (QED) is 0.478. The summed E-state index contributed by atoms with van der Waals surface area (Å²) in [4.78, 5) is 9.56. The van der Waals surface area contributed by atoms with Crippen LogP contribution in [0.25, 0.3) is 0 Å². The fourth-order valence-electron chi connectivity index (χ4n) is 2.66. The lowest BCUT2D eigenvalue weighted by Gasteiger charge is -2.14. The fraction of sp³-hybridized carbons (Fsp3) is 0.381. The van der Waals surface area contributed by atoms with E-state index in [9.17, 15) is 0 Å². The molecule has 1 aliphatic rings. The van der Waals surface area contributed by atoms with E-state index in [1.54, 1.807) is 0 Å². The molecule has 126 valence electrons. The van der Waals surface area contributed by atoms with Crippen LogP contribution in [0.15, 0.2) is 51.2 Å². The third-order valence-corrected chi connectivity index (χ3v) is 5.89. The van der Waals surface area contributed by atoms with Gasteiger partial charge in [0.25, 0.3) is 0 Å². The van der Waals surface area contributed by atoms with Crippen molar-refractivity contribution in [2.45, 2.75) is 49.3 Å². The third kappa shape index (κ3) is 4.02. The van der Waals surface area contributed by atoms with Crippen LogP contribution in [-0.4, -0.2) is 24.8 Å². The van der Waals surface area contributed by atoms with Crippen LogP contribution in [0.4, 0.5) is 5.69 Å². The Morgan fingerprint density at radius 2 is 1.88 bits per heavy atom.